The molecule has 1 aromatic carbocycles. The Morgan fingerprint density at radius 2 is 2.06 bits per heavy atom. The number of pyridine rings is 1. The monoisotopic (exact) mass is 312 g/mol. The number of hydrogen-bond acceptors (Lipinski definition) is 3. The zero-order chi connectivity index (χ0) is 12.4. The summed E-state index contributed by atoms with van der Waals surface area (Å²) in [5.74, 6) is 1.10. The molecule has 5 heteroatoms. The van der Waals surface area contributed by atoms with Gasteiger partial charge in [-0.05, 0) is 30.7 Å². The molecular weight excluding hydrogens is 304 g/mol. The van der Waals surface area contributed by atoms with Crippen molar-refractivity contribution in [3.05, 3.63) is 45.5 Å². The third kappa shape index (κ3) is 3.11. The van der Waals surface area contributed by atoms with Crippen LogP contribution >= 0.6 is 27.5 Å². The highest BCUT2D eigenvalue weighted by atomic mass is 79.9. The van der Waals surface area contributed by atoms with E-state index in [9.17, 15) is 0 Å². The number of nitrogens with two attached hydrogens (primary N) is 1. The number of aryl methyl sites for hydroxylation is 1. The second-order valence-electron chi connectivity index (χ2n) is 3.57. The van der Waals surface area contributed by atoms with E-state index in [0.29, 0.717) is 22.5 Å². The molecule has 0 spiro atoms. The maximum absolute atomic E-state index is 5.81. The van der Waals surface area contributed by atoms with Crippen molar-refractivity contribution in [1.82, 2.24) is 4.98 Å². The Labute approximate surface area is 113 Å². The molecule has 0 fully saturated rings. The summed E-state index contributed by atoms with van der Waals surface area (Å²) in [6, 6.07) is 8.97. The lowest BCUT2D eigenvalue weighted by atomic mass is 10.2. The minimum absolute atomic E-state index is 0.313. The van der Waals surface area contributed by atoms with E-state index in [-0.39, 0.29) is 0 Å². The molecule has 0 saturated carbocycles. The summed E-state index contributed by atoms with van der Waals surface area (Å²) in [4.78, 5) is 4.05. The minimum atomic E-state index is 0.313. The van der Waals surface area contributed by atoms with Crippen molar-refractivity contribution in [2.75, 3.05) is 5.73 Å². The van der Waals surface area contributed by atoms with E-state index in [2.05, 4.69) is 20.9 Å². The molecule has 3 nitrogen and oxygen atoms in total. The number of halogens is 2. The minimum Gasteiger partial charge on any atom is -0.439 e. The number of hydrogen-bond donors (Lipinski definition) is 1. The van der Waals surface area contributed by atoms with Crippen molar-refractivity contribution < 1.29 is 4.74 Å². The van der Waals surface area contributed by atoms with Crippen LogP contribution in [0.2, 0.25) is 5.15 Å². The highest BCUT2D eigenvalue weighted by Gasteiger charge is 2.05. The first-order valence-electron chi connectivity index (χ1n) is 4.91. The lowest BCUT2D eigenvalue weighted by Crippen LogP contribution is -1.93. The van der Waals surface area contributed by atoms with Crippen LogP contribution in [0, 0.1) is 6.92 Å². The Bertz CT molecular complexity index is 540. The fourth-order valence-corrected chi connectivity index (χ4v) is 1.89. The first kappa shape index (κ1) is 12.2. The predicted octanol–water partition coefficient (Wildman–Crippen LogP) is 4.18. The van der Waals surface area contributed by atoms with E-state index in [1.54, 1.807) is 12.1 Å². The first-order valence-corrected chi connectivity index (χ1v) is 6.09. The first-order chi connectivity index (χ1) is 8.04. The normalized spacial score (nSPS) is 10.3. The van der Waals surface area contributed by atoms with E-state index < -0.39 is 0 Å². The summed E-state index contributed by atoms with van der Waals surface area (Å²) < 4.78 is 6.58. The van der Waals surface area contributed by atoms with Crippen molar-refractivity contribution >= 4 is 33.2 Å². The van der Waals surface area contributed by atoms with Crippen LogP contribution < -0.4 is 10.5 Å². The summed E-state index contributed by atoms with van der Waals surface area (Å²) in [6.45, 7) is 1.95. The van der Waals surface area contributed by atoms with Gasteiger partial charge in [0.1, 0.15) is 10.9 Å². The molecule has 0 saturated heterocycles. The van der Waals surface area contributed by atoms with E-state index in [0.717, 1.165) is 10.0 Å². The molecule has 1 heterocycles. The molecule has 0 aliphatic carbocycles. The number of ether oxygens (including phenoxy) is 1. The molecule has 17 heavy (non-hydrogen) atoms. The van der Waals surface area contributed by atoms with Crippen LogP contribution in [0.1, 0.15) is 5.56 Å². The Kier molecular flexibility index (Phi) is 3.54. The highest BCUT2D eigenvalue weighted by molar-refractivity contribution is 9.10. The average Bonchev–Trinajstić information content (AvgIpc) is 2.22. The van der Waals surface area contributed by atoms with Crippen LogP contribution in [-0.4, -0.2) is 4.98 Å². The topological polar surface area (TPSA) is 48.1 Å². The highest BCUT2D eigenvalue weighted by Crippen LogP contribution is 2.28. The van der Waals surface area contributed by atoms with Crippen LogP contribution in [0.5, 0.6) is 11.6 Å². The Hall–Kier alpha value is -1.26. The lowest BCUT2D eigenvalue weighted by Gasteiger charge is -2.09. The summed E-state index contributed by atoms with van der Waals surface area (Å²) in [5, 5.41) is 0.313. The smallest absolute Gasteiger partial charge is 0.222 e. The number of anilines is 1. The lowest BCUT2D eigenvalue weighted by molar-refractivity contribution is 0.459. The fraction of sp³-hybridized carbons (Fsp3) is 0.0833. The second kappa shape index (κ2) is 4.94. The molecule has 2 rings (SSSR count). The summed E-state index contributed by atoms with van der Waals surface area (Å²) in [5.41, 5.74) is 7.20. The quantitative estimate of drug-likeness (QED) is 0.846. The Morgan fingerprint density at radius 3 is 2.76 bits per heavy atom. The van der Waals surface area contributed by atoms with Crippen LogP contribution in [-0.2, 0) is 0 Å². The number of nitrogen functional groups attached to an aromatic ring is 1. The maximum atomic E-state index is 5.81. The average molecular weight is 314 g/mol. The van der Waals surface area contributed by atoms with E-state index >= 15 is 0 Å². The van der Waals surface area contributed by atoms with Crippen molar-refractivity contribution in [3.63, 3.8) is 0 Å². The molecule has 88 valence electrons. The zero-order valence-corrected chi connectivity index (χ0v) is 11.4. The molecule has 0 aliphatic heterocycles. The zero-order valence-electron chi connectivity index (χ0n) is 9.08. The van der Waals surface area contributed by atoms with Crippen molar-refractivity contribution in [1.29, 1.82) is 0 Å². The molecule has 2 N–H and O–H groups in total. The molecule has 0 aliphatic rings. The van der Waals surface area contributed by atoms with Crippen LogP contribution in [0.15, 0.2) is 34.8 Å². The van der Waals surface area contributed by atoms with Gasteiger partial charge in [-0.1, -0.05) is 33.6 Å². The summed E-state index contributed by atoms with van der Waals surface area (Å²) >= 11 is 9.19. The molecule has 0 bridgehead atoms. The van der Waals surface area contributed by atoms with Gasteiger partial charge < -0.3 is 10.5 Å². The Morgan fingerprint density at radius 1 is 1.29 bits per heavy atom. The largest absolute Gasteiger partial charge is 0.439 e. The van der Waals surface area contributed by atoms with Crippen LogP contribution in [0.3, 0.4) is 0 Å². The van der Waals surface area contributed by atoms with Crippen molar-refractivity contribution in [3.8, 4) is 11.6 Å². The molecule has 2 aromatic rings. The Balaban J connectivity index is 2.34. The molecule has 0 atom stereocenters. The van der Waals surface area contributed by atoms with Gasteiger partial charge in [-0.2, -0.15) is 0 Å². The molecule has 0 unspecified atom stereocenters. The van der Waals surface area contributed by atoms with Gasteiger partial charge in [0.15, 0.2) is 0 Å². The van der Waals surface area contributed by atoms with Gasteiger partial charge in [-0.3, -0.25) is 0 Å². The number of aromatic nitrogens is 1. The summed E-state index contributed by atoms with van der Waals surface area (Å²) in [6.07, 6.45) is 0. The van der Waals surface area contributed by atoms with Crippen LogP contribution in [0.25, 0.3) is 0 Å². The number of rotatable bonds is 2. The predicted molar refractivity (Wildman–Crippen MR) is 72.6 cm³/mol. The third-order valence-electron chi connectivity index (χ3n) is 2.16. The van der Waals surface area contributed by atoms with Gasteiger partial charge in [0.2, 0.25) is 5.88 Å². The maximum Gasteiger partial charge on any atom is 0.222 e. The number of nitrogens with zero attached hydrogens (tertiary/aromatic N) is 1. The van der Waals surface area contributed by atoms with Gasteiger partial charge in [-0.25, -0.2) is 4.98 Å². The van der Waals surface area contributed by atoms with Crippen molar-refractivity contribution in [2.45, 2.75) is 6.92 Å². The van der Waals surface area contributed by atoms with E-state index in [1.807, 2.05) is 25.1 Å². The van der Waals surface area contributed by atoms with Gasteiger partial charge in [0.05, 0.1) is 0 Å². The second-order valence-corrected chi connectivity index (χ2v) is 4.88. The van der Waals surface area contributed by atoms with Crippen LogP contribution in [0.4, 0.5) is 5.69 Å². The summed E-state index contributed by atoms with van der Waals surface area (Å²) in [7, 11) is 0. The van der Waals surface area contributed by atoms with E-state index in [1.165, 1.54) is 0 Å². The molecule has 0 amide bonds. The third-order valence-corrected chi connectivity index (χ3v) is 2.84. The number of benzene rings is 1. The van der Waals surface area contributed by atoms with E-state index in [4.69, 9.17) is 22.1 Å². The molecular formula is C12H10BrClN2O. The van der Waals surface area contributed by atoms with Gasteiger partial charge in [0, 0.05) is 16.2 Å². The molecule has 1 aromatic heterocycles. The standard InChI is InChI=1S/C12H10BrClN2O/c1-7-2-3-8(13)4-10(7)17-12-6-9(15)5-11(14)16-12/h2-6H,1H3,(H2,15,16). The van der Waals surface area contributed by atoms with Gasteiger partial charge >= 0.3 is 0 Å². The fourth-order valence-electron chi connectivity index (χ4n) is 1.34. The van der Waals surface area contributed by atoms with Gasteiger partial charge in [-0.15, -0.1) is 0 Å². The van der Waals surface area contributed by atoms with Gasteiger partial charge in [0.25, 0.3) is 0 Å². The van der Waals surface area contributed by atoms with Crippen molar-refractivity contribution in [2.24, 2.45) is 0 Å². The SMILES string of the molecule is Cc1ccc(Br)cc1Oc1cc(N)cc(Cl)n1. The molecule has 0 radical (unpaired) electrons.